The molecule has 1 heterocycles. The zero-order chi connectivity index (χ0) is 23.3. The van der Waals surface area contributed by atoms with Crippen LogP contribution in [0.3, 0.4) is 0 Å². The Kier molecular flexibility index (Phi) is 6.69. The Hall–Kier alpha value is -3.99. The van der Waals surface area contributed by atoms with Crippen molar-refractivity contribution in [1.29, 1.82) is 5.26 Å². The lowest BCUT2D eigenvalue weighted by molar-refractivity contribution is -0.142. The molecule has 8 nitrogen and oxygen atoms in total. The Morgan fingerprint density at radius 1 is 1.16 bits per heavy atom. The molecule has 1 amide bonds. The van der Waals surface area contributed by atoms with Crippen LogP contribution in [0.15, 0.2) is 42.0 Å². The zero-order valence-corrected chi connectivity index (χ0v) is 18.4. The number of nitrogens with one attached hydrogen (secondary N) is 1. The molecule has 0 spiro atoms. The van der Waals surface area contributed by atoms with Crippen LogP contribution in [-0.2, 0) is 19.7 Å². The van der Waals surface area contributed by atoms with Crippen molar-refractivity contribution in [1.82, 2.24) is 0 Å². The number of rotatable bonds is 6. The third-order valence-corrected chi connectivity index (χ3v) is 4.72. The van der Waals surface area contributed by atoms with E-state index in [2.05, 4.69) is 26.1 Å². The van der Waals surface area contributed by atoms with Crippen LogP contribution in [0.5, 0.6) is 17.2 Å². The molecular formula is C24H24N2O6. The number of esters is 1. The average molecular weight is 436 g/mol. The van der Waals surface area contributed by atoms with E-state index in [0.717, 1.165) is 5.56 Å². The number of anilines is 1. The number of ether oxygens (including phenoxy) is 4. The number of nitrogens with zero attached hydrogens (tertiary/aromatic N) is 1. The third-order valence-electron chi connectivity index (χ3n) is 4.72. The van der Waals surface area contributed by atoms with Crippen molar-refractivity contribution in [3.63, 3.8) is 0 Å². The topological polar surface area (TPSA) is 107 Å². The van der Waals surface area contributed by atoms with Gasteiger partial charge in [0.1, 0.15) is 17.4 Å². The maximum atomic E-state index is 12.4. The van der Waals surface area contributed by atoms with Gasteiger partial charge in [-0.15, -0.1) is 0 Å². The van der Waals surface area contributed by atoms with E-state index in [1.807, 2.05) is 12.1 Å². The summed E-state index contributed by atoms with van der Waals surface area (Å²) < 4.78 is 20.8. The number of methoxy groups -OCH3 is 1. The van der Waals surface area contributed by atoms with Crippen LogP contribution in [0.4, 0.5) is 5.69 Å². The van der Waals surface area contributed by atoms with Crippen LogP contribution in [0.25, 0.3) is 6.08 Å². The molecule has 1 aliphatic heterocycles. The number of hydrogen-bond acceptors (Lipinski definition) is 7. The molecule has 2 aromatic carbocycles. The quantitative estimate of drug-likeness (QED) is 0.417. The molecule has 0 aromatic heterocycles. The van der Waals surface area contributed by atoms with Gasteiger partial charge in [-0.05, 0) is 46.9 Å². The number of benzene rings is 2. The molecule has 0 radical (unpaired) electrons. The summed E-state index contributed by atoms with van der Waals surface area (Å²) in [7, 11) is 1.50. The monoisotopic (exact) mass is 436 g/mol. The first-order valence-electron chi connectivity index (χ1n) is 9.88. The van der Waals surface area contributed by atoms with E-state index in [-0.39, 0.29) is 17.8 Å². The van der Waals surface area contributed by atoms with Crippen LogP contribution in [0, 0.1) is 11.3 Å². The highest BCUT2D eigenvalue weighted by Gasteiger charge is 2.19. The van der Waals surface area contributed by atoms with Crippen molar-refractivity contribution in [2.45, 2.75) is 26.2 Å². The summed E-state index contributed by atoms with van der Waals surface area (Å²) >= 11 is 0. The molecule has 0 fully saturated rings. The van der Waals surface area contributed by atoms with Gasteiger partial charge in [-0.1, -0.05) is 32.9 Å². The summed E-state index contributed by atoms with van der Waals surface area (Å²) in [6, 6.07) is 12.3. The molecule has 1 aliphatic rings. The van der Waals surface area contributed by atoms with Crippen LogP contribution in [0.2, 0.25) is 0 Å². The van der Waals surface area contributed by atoms with Crippen LogP contribution in [-0.4, -0.2) is 32.4 Å². The third kappa shape index (κ3) is 5.38. The van der Waals surface area contributed by atoms with E-state index in [0.29, 0.717) is 28.5 Å². The van der Waals surface area contributed by atoms with Gasteiger partial charge in [0.15, 0.2) is 18.1 Å². The minimum Gasteiger partial charge on any atom is -0.495 e. The Balaban J connectivity index is 1.65. The maximum Gasteiger partial charge on any atom is 0.349 e. The first-order chi connectivity index (χ1) is 15.2. The van der Waals surface area contributed by atoms with Crippen LogP contribution in [0.1, 0.15) is 31.9 Å². The Labute approximate surface area is 186 Å². The molecule has 2 aromatic rings. The first-order valence-corrected chi connectivity index (χ1v) is 9.88. The predicted octanol–water partition coefficient (Wildman–Crippen LogP) is 3.81. The molecule has 1 N–H and O–H groups in total. The van der Waals surface area contributed by atoms with E-state index in [4.69, 9.17) is 18.9 Å². The summed E-state index contributed by atoms with van der Waals surface area (Å²) in [5, 5.41) is 12.0. The molecule has 0 bridgehead atoms. The highest BCUT2D eigenvalue weighted by Crippen LogP contribution is 2.33. The summed E-state index contributed by atoms with van der Waals surface area (Å²) in [5.41, 5.74) is 1.67. The van der Waals surface area contributed by atoms with Crippen molar-refractivity contribution < 1.29 is 28.5 Å². The van der Waals surface area contributed by atoms with E-state index in [1.165, 1.54) is 13.2 Å². The van der Waals surface area contributed by atoms with Gasteiger partial charge in [-0.25, -0.2) is 4.79 Å². The maximum absolute atomic E-state index is 12.4. The number of nitriles is 1. The summed E-state index contributed by atoms with van der Waals surface area (Å²) in [5.74, 6) is 0.137. The van der Waals surface area contributed by atoms with Gasteiger partial charge >= 0.3 is 5.97 Å². The van der Waals surface area contributed by atoms with Crippen LogP contribution < -0.4 is 19.5 Å². The highest BCUT2D eigenvalue weighted by atomic mass is 16.7. The molecule has 0 aliphatic carbocycles. The second kappa shape index (κ2) is 9.43. The Morgan fingerprint density at radius 2 is 1.91 bits per heavy atom. The minimum absolute atomic E-state index is 0.119. The van der Waals surface area contributed by atoms with Gasteiger partial charge in [0.25, 0.3) is 5.91 Å². The molecule has 0 saturated heterocycles. The number of carbonyl (C=O) groups excluding carboxylic acids is 2. The summed E-state index contributed by atoms with van der Waals surface area (Å²) in [4.78, 5) is 24.7. The van der Waals surface area contributed by atoms with Gasteiger partial charge in [0, 0.05) is 0 Å². The summed E-state index contributed by atoms with van der Waals surface area (Å²) in [6.07, 6.45) is 1.36. The van der Waals surface area contributed by atoms with Crippen molar-refractivity contribution in [2.75, 3.05) is 25.8 Å². The van der Waals surface area contributed by atoms with Crippen molar-refractivity contribution in [2.24, 2.45) is 0 Å². The predicted molar refractivity (Wildman–Crippen MR) is 117 cm³/mol. The van der Waals surface area contributed by atoms with Crippen molar-refractivity contribution in [3.8, 4) is 23.3 Å². The van der Waals surface area contributed by atoms with Crippen molar-refractivity contribution >= 4 is 23.6 Å². The number of amides is 1. The van der Waals surface area contributed by atoms with E-state index < -0.39 is 18.5 Å². The minimum atomic E-state index is -0.907. The van der Waals surface area contributed by atoms with Crippen molar-refractivity contribution in [3.05, 3.63) is 53.1 Å². The van der Waals surface area contributed by atoms with Gasteiger partial charge in [-0.2, -0.15) is 5.26 Å². The second-order valence-electron chi connectivity index (χ2n) is 8.07. The molecular weight excluding hydrogens is 412 g/mol. The standard InChI is InChI=1S/C24H24N2O6/c1-24(2,3)17-6-8-19(29-4)18(11-17)26-22(27)13-30-23(28)16(12-25)9-15-5-7-20-21(10-15)32-14-31-20/h5-11H,13-14H2,1-4H3,(H,26,27)/b16-9+. The fraction of sp³-hybridized carbons (Fsp3) is 0.292. The smallest absolute Gasteiger partial charge is 0.349 e. The fourth-order valence-electron chi connectivity index (χ4n) is 2.97. The Bertz CT molecular complexity index is 1110. The molecule has 166 valence electrons. The molecule has 0 saturated carbocycles. The molecule has 3 rings (SSSR count). The van der Waals surface area contributed by atoms with Crippen LogP contribution >= 0.6 is 0 Å². The van der Waals surface area contributed by atoms with E-state index in [9.17, 15) is 14.9 Å². The Morgan fingerprint density at radius 3 is 2.59 bits per heavy atom. The molecule has 32 heavy (non-hydrogen) atoms. The highest BCUT2D eigenvalue weighted by molar-refractivity contribution is 6.00. The van der Waals surface area contributed by atoms with Gasteiger partial charge in [0.05, 0.1) is 12.8 Å². The number of carbonyl (C=O) groups is 2. The first kappa shape index (κ1) is 22.7. The zero-order valence-electron chi connectivity index (χ0n) is 18.4. The lowest BCUT2D eigenvalue weighted by atomic mass is 9.87. The molecule has 8 heteroatoms. The normalized spacial score (nSPS) is 12.7. The lowest BCUT2D eigenvalue weighted by Crippen LogP contribution is -2.22. The van der Waals surface area contributed by atoms with Gasteiger partial charge < -0.3 is 24.3 Å². The number of fused-ring (bicyclic) bond motifs is 1. The second-order valence-corrected chi connectivity index (χ2v) is 8.07. The van der Waals surface area contributed by atoms with Gasteiger partial charge in [-0.3, -0.25) is 4.79 Å². The average Bonchev–Trinajstić information content (AvgIpc) is 3.23. The lowest BCUT2D eigenvalue weighted by Gasteiger charge is -2.21. The summed E-state index contributed by atoms with van der Waals surface area (Å²) in [6.45, 7) is 5.73. The van der Waals surface area contributed by atoms with E-state index in [1.54, 1.807) is 30.3 Å². The number of hydrogen-bond donors (Lipinski definition) is 1. The fourth-order valence-corrected chi connectivity index (χ4v) is 2.97. The van der Waals surface area contributed by atoms with Gasteiger partial charge in [0.2, 0.25) is 6.79 Å². The SMILES string of the molecule is COc1ccc(C(C)(C)C)cc1NC(=O)COC(=O)/C(C#N)=C/c1ccc2c(c1)OCO2. The molecule has 0 unspecified atom stereocenters. The van der Waals surface area contributed by atoms with E-state index >= 15 is 0 Å². The largest absolute Gasteiger partial charge is 0.495 e. The molecule has 0 atom stereocenters.